The van der Waals surface area contributed by atoms with Crippen LogP contribution in [0.3, 0.4) is 0 Å². The second-order valence-electron chi connectivity index (χ2n) is 8.57. The fourth-order valence-electron chi connectivity index (χ4n) is 4.64. The average Bonchev–Trinajstić information content (AvgIpc) is 3.03. The van der Waals surface area contributed by atoms with E-state index in [1.165, 1.54) is 7.05 Å². The molecule has 2 aromatic carbocycles. The number of nitrogens with zero attached hydrogens (tertiary/aromatic N) is 2. The quantitative estimate of drug-likeness (QED) is 0.626. The van der Waals surface area contributed by atoms with Crippen LogP contribution in [-0.4, -0.2) is 53.8 Å². The number of likely N-dealkylation sites (tertiary alicyclic amines) is 2. The lowest BCUT2D eigenvalue weighted by Gasteiger charge is -2.35. The van der Waals surface area contributed by atoms with Crippen LogP contribution in [-0.2, 0) is 31.1 Å². The average molecular weight is 455 g/mol. The minimum Gasteiger partial charge on any atom is -0.372 e. The fourth-order valence-corrected chi connectivity index (χ4v) is 4.96. The zero-order valence-electron chi connectivity index (χ0n) is 18.1. The van der Waals surface area contributed by atoms with Crippen LogP contribution in [0.5, 0.6) is 0 Å². The van der Waals surface area contributed by atoms with E-state index in [-0.39, 0.29) is 36.7 Å². The molecule has 2 atom stereocenters. The van der Waals surface area contributed by atoms with Gasteiger partial charge in [-0.2, -0.15) is 0 Å². The van der Waals surface area contributed by atoms with Crippen molar-refractivity contribution in [1.82, 2.24) is 9.80 Å². The highest BCUT2D eigenvalue weighted by Crippen LogP contribution is 2.42. The summed E-state index contributed by atoms with van der Waals surface area (Å²) >= 11 is 6.42. The second-order valence-corrected chi connectivity index (χ2v) is 8.98. The first-order chi connectivity index (χ1) is 15.4. The molecule has 0 unspecified atom stereocenters. The first kappa shape index (κ1) is 22.5. The lowest BCUT2D eigenvalue weighted by molar-refractivity contribution is -0.143. The Bertz CT molecular complexity index is 1010. The van der Waals surface area contributed by atoms with Gasteiger partial charge >= 0.3 is 0 Å². The van der Waals surface area contributed by atoms with Gasteiger partial charge in [0, 0.05) is 38.0 Å². The fraction of sp³-hybridized carbons (Fsp3) is 0.400. The Balaban J connectivity index is 1.49. The molecule has 2 aliphatic rings. The maximum Gasteiger partial charge on any atom is 0.240 e. The molecule has 0 aliphatic carbocycles. The summed E-state index contributed by atoms with van der Waals surface area (Å²) in [4.78, 5) is 41.9. The summed E-state index contributed by atoms with van der Waals surface area (Å²) < 4.78 is 6.06. The van der Waals surface area contributed by atoms with Crippen LogP contribution < -0.4 is 0 Å². The monoisotopic (exact) mass is 454 g/mol. The number of rotatable bonds is 6. The number of carbonyl (C=O) groups is 3. The molecule has 3 amide bonds. The molecule has 0 aromatic heterocycles. The van der Waals surface area contributed by atoms with Gasteiger partial charge in [0.2, 0.25) is 17.7 Å². The van der Waals surface area contributed by atoms with E-state index in [9.17, 15) is 14.4 Å². The number of hydrogen-bond acceptors (Lipinski definition) is 4. The van der Waals surface area contributed by atoms with Gasteiger partial charge in [-0.05, 0) is 30.0 Å². The van der Waals surface area contributed by atoms with Gasteiger partial charge in [0.25, 0.3) is 0 Å². The van der Waals surface area contributed by atoms with Crippen LogP contribution >= 0.6 is 11.6 Å². The molecule has 2 aliphatic heterocycles. The first-order valence-corrected chi connectivity index (χ1v) is 11.3. The van der Waals surface area contributed by atoms with Gasteiger partial charge in [0.1, 0.15) is 0 Å². The van der Waals surface area contributed by atoms with Crippen molar-refractivity contribution in [3.05, 3.63) is 70.7 Å². The zero-order chi connectivity index (χ0) is 22.7. The SMILES string of the molecule is CN1C(=O)C[C@@](CC(=O)N2CCC[C@@H](OCc3ccccc3)C2)(c2ccccc2Cl)C1=O. The van der Waals surface area contributed by atoms with E-state index in [1.54, 1.807) is 29.2 Å². The van der Waals surface area contributed by atoms with Crippen molar-refractivity contribution in [2.24, 2.45) is 0 Å². The second kappa shape index (κ2) is 9.43. The van der Waals surface area contributed by atoms with E-state index in [2.05, 4.69) is 0 Å². The molecule has 0 spiro atoms. The molecular weight excluding hydrogens is 428 g/mol. The van der Waals surface area contributed by atoms with E-state index in [0.717, 1.165) is 23.3 Å². The Morgan fingerprint density at radius 2 is 1.84 bits per heavy atom. The van der Waals surface area contributed by atoms with Crippen molar-refractivity contribution in [2.75, 3.05) is 20.1 Å². The van der Waals surface area contributed by atoms with Crippen LogP contribution in [0, 0.1) is 0 Å². The van der Waals surface area contributed by atoms with Crippen molar-refractivity contribution >= 4 is 29.3 Å². The molecule has 4 rings (SSSR count). The molecular formula is C25H27ClN2O4. The first-order valence-electron chi connectivity index (χ1n) is 10.9. The maximum absolute atomic E-state index is 13.4. The Kier molecular flexibility index (Phi) is 6.63. The van der Waals surface area contributed by atoms with Crippen LogP contribution in [0.4, 0.5) is 0 Å². The van der Waals surface area contributed by atoms with E-state index >= 15 is 0 Å². The summed E-state index contributed by atoms with van der Waals surface area (Å²) in [5, 5.41) is 0.388. The van der Waals surface area contributed by atoms with Crippen molar-refractivity contribution in [3.8, 4) is 0 Å². The van der Waals surface area contributed by atoms with E-state index in [4.69, 9.17) is 16.3 Å². The van der Waals surface area contributed by atoms with Gasteiger partial charge < -0.3 is 9.64 Å². The smallest absolute Gasteiger partial charge is 0.240 e. The van der Waals surface area contributed by atoms with Gasteiger partial charge in [-0.25, -0.2) is 0 Å². The number of halogens is 1. The minimum atomic E-state index is -1.26. The number of amides is 3. The van der Waals surface area contributed by atoms with E-state index in [0.29, 0.717) is 30.3 Å². The molecule has 2 saturated heterocycles. The lowest BCUT2D eigenvalue weighted by atomic mass is 9.75. The van der Waals surface area contributed by atoms with Gasteiger partial charge in [0.15, 0.2) is 0 Å². The zero-order valence-corrected chi connectivity index (χ0v) is 18.9. The third-order valence-corrected chi connectivity index (χ3v) is 6.77. The van der Waals surface area contributed by atoms with Gasteiger partial charge in [-0.15, -0.1) is 0 Å². The highest BCUT2D eigenvalue weighted by molar-refractivity contribution is 6.32. The summed E-state index contributed by atoms with van der Waals surface area (Å²) in [5.74, 6) is -0.836. The predicted octanol–water partition coefficient (Wildman–Crippen LogP) is 3.56. The van der Waals surface area contributed by atoms with E-state index in [1.807, 2.05) is 30.3 Å². The topological polar surface area (TPSA) is 66.9 Å². The molecule has 2 aromatic rings. The Morgan fingerprint density at radius 1 is 1.12 bits per heavy atom. The maximum atomic E-state index is 13.4. The molecule has 2 heterocycles. The molecule has 168 valence electrons. The number of ether oxygens (including phenoxy) is 1. The Hall–Kier alpha value is -2.70. The summed E-state index contributed by atoms with van der Waals surface area (Å²) in [6.07, 6.45) is 1.51. The number of likely N-dealkylation sites (N-methyl/N-ethyl adjacent to an activating group) is 1. The van der Waals surface area contributed by atoms with Crippen molar-refractivity contribution in [1.29, 1.82) is 0 Å². The number of hydrogen-bond donors (Lipinski definition) is 0. The molecule has 0 saturated carbocycles. The molecule has 0 bridgehead atoms. The van der Waals surface area contributed by atoms with Gasteiger partial charge in [0.05, 0.1) is 18.1 Å². The third-order valence-electron chi connectivity index (χ3n) is 6.44. The summed E-state index contributed by atoms with van der Waals surface area (Å²) in [5.41, 5.74) is 0.359. The third kappa shape index (κ3) is 4.43. The van der Waals surface area contributed by atoms with Gasteiger partial charge in [-0.1, -0.05) is 60.1 Å². The Morgan fingerprint density at radius 3 is 2.53 bits per heavy atom. The number of imide groups is 1. The van der Waals surface area contributed by atoms with Crippen LogP contribution in [0.15, 0.2) is 54.6 Å². The minimum absolute atomic E-state index is 0.0560. The molecule has 7 heteroatoms. The largest absolute Gasteiger partial charge is 0.372 e. The number of benzene rings is 2. The van der Waals surface area contributed by atoms with Crippen molar-refractivity contribution < 1.29 is 19.1 Å². The predicted molar refractivity (Wildman–Crippen MR) is 121 cm³/mol. The summed E-state index contributed by atoms with van der Waals surface area (Å²) in [7, 11) is 1.46. The van der Waals surface area contributed by atoms with Crippen LogP contribution in [0.25, 0.3) is 0 Å². The summed E-state index contributed by atoms with van der Waals surface area (Å²) in [6, 6.07) is 16.9. The molecule has 6 nitrogen and oxygen atoms in total. The Labute approximate surface area is 193 Å². The summed E-state index contributed by atoms with van der Waals surface area (Å²) in [6.45, 7) is 1.58. The standard InChI is InChI=1S/C25H27ClN2O4/c1-27-22(29)14-25(24(27)31,20-11-5-6-12-21(20)26)15-23(30)28-13-7-10-19(16-28)32-17-18-8-3-2-4-9-18/h2-6,8-9,11-12,19H,7,10,13-17H2,1H3/t19-,25-/m1/s1. The van der Waals surface area contributed by atoms with Gasteiger partial charge in [-0.3, -0.25) is 19.3 Å². The number of piperidine rings is 1. The van der Waals surface area contributed by atoms with Crippen molar-refractivity contribution in [2.45, 2.75) is 43.8 Å². The normalized spacial score (nSPS) is 23.6. The molecule has 0 radical (unpaired) electrons. The van der Waals surface area contributed by atoms with Crippen molar-refractivity contribution in [3.63, 3.8) is 0 Å². The highest BCUT2D eigenvalue weighted by atomic mass is 35.5. The molecule has 0 N–H and O–H groups in total. The number of carbonyl (C=O) groups excluding carboxylic acids is 3. The molecule has 2 fully saturated rings. The van der Waals surface area contributed by atoms with Crippen LogP contribution in [0.2, 0.25) is 5.02 Å². The highest BCUT2D eigenvalue weighted by Gasteiger charge is 2.53. The van der Waals surface area contributed by atoms with E-state index < -0.39 is 5.41 Å². The lowest BCUT2D eigenvalue weighted by Crippen LogP contribution is -2.47. The molecule has 32 heavy (non-hydrogen) atoms. The van der Waals surface area contributed by atoms with Crippen LogP contribution in [0.1, 0.15) is 36.8 Å².